The monoisotopic (exact) mass is 294 g/mol. The van der Waals surface area contributed by atoms with E-state index < -0.39 is 10.7 Å². The second kappa shape index (κ2) is 6.87. The Morgan fingerprint density at radius 1 is 1.43 bits per heavy atom. The average molecular weight is 294 g/mol. The molecule has 2 atom stereocenters. The second-order valence-corrected chi connectivity index (χ2v) is 6.42. The zero-order chi connectivity index (χ0) is 15.4. The van der Waals surface area contributed by atoms with Crippen LogP contribution in [0.1, 0.15) is 46.0 Å². The van der Waals surface area contributed by atoms with Crippen molar-refractivity contribution in [1.29, 1.82) is 0 Å². The summed E-state index contributed by atoms with van der Waals surface area (Å²) in [7, 11) is 0. The van der Waals surface area contributed by atoms with Crippen LogP contribution in [0.25, 0.3) is 0 Å². The van der Waals surface area contributed by atoms with Gasteiger partial charge in [-0.2, -0.15) is 0 Å². The predicted molar refractivity (Wildman–Crippen MR) is 81.9 cm³/mol. The fourth-order valence-corrected chi connectivity index (χ4v) is 3.30. The lowest BCUT2D eigenvalue weighted by molar-refractivity contribution is -0.384. The van der Waals surface area contributed by atoms with Crippen LogP contribution >= 0.6 is 0 Å². The molecule has 1 fully saturated rings. The van der Waals surface area contributed by atoms with Crippen LogP contribution in [0.5, 0.6) is 0 Å². The Kier molecular flexibility index (Phi) is 5.15. The van der Waals surface area contributed by atoms with E-state index in [0.717, 1.165) is 25.3 Å². The van der Waals surface area contributed by atoms with Gasteiger partial charge in [0.25, 0.3) is 5.69 Å². The van der Waals surface area contributed by atoms with Gasteiger partial charge in [-0.25, -0.2) is 4.39 Å². The average Bonchev–Trinajstić information content (AvgIpc) is 2.40. The van der Waals surface area contributed by atoms with Crippen LogP contribution in [-0.4, -0.2) is 11.0 Å². The Morgan fingerprint density at radius 2 is 2.19 bits per heavy atom. The number of anilines is 1. The van der Waals surface area contributed by atoms with Crippen LogP contribution < -0.4 is 5.32 Å². The minimum Gasteiger partial charge on any atom is -0.377 e. The molecule has 1 aromatic rings. The molecule has 116 valence electrons. The zero-order valence-electron chi connectivity index (χ0n) is 12.6. The van der Waals surface area contributed by atoms with Gasteiger partial charge >= 0.3 is 0 Å². The molecule has 0 heterocycles. The molecule has 4 nitrogen and oxygen atoms in total. The third kappa shape index (κ3) is 4.41. The quantitative estimate of drug-likeness (QED) is 0.629. The molecule has 0 spiro atoms. The molecule has 0 radical (unpaired) electrons. The molecule has 1 aliphatic carbocycles. The number of benzene rings is 1. The first kappa shape index (κ1) is 15.7. The maximum Gasteiger partial charge on any atom is 0.295 e. The molecule has 2 unspecified atom stereocenters. The highest BCUT2D eigenvalue weighted by atomic mass is 19.1. The lowest BCUT2D eigenvalue weighted by Gasteiger charge is -2.31. The van der Waals surface area contributed by atoms with Gasteiger partial charge in [-0.05, 0) is 43.2 Å². The standard InChI is InChI=1S/C16H23FN2O2/c1-11(2)8-12-4-3-5-14(9-12)18-15-7-6-13(17)10-16(15)19(20)21/h6-7,10-12,14,18H,3-5,8-9H2,1-2H3. The van der Waals surface area contributed by atoms with Crippen LogP contribution in [0.2, 0.25) is 0 Å². The number of rotatable bonds is 5. The topological polar surface area (TPSA) is 55.2 Å². The van der Waals surface area contributed by atoms with E-state index in [2.05, 4.69) is 19.2 Å². The van der Waals surface area contributed by atoms with Gasteiger partial charge in [-0.15, -0.1) is 0 Å². The molecule has 0 bridgehead atoms. The van der Waals surface area contributed by atoms with Gasteiger partial charge in [0.2, 0.25) is 0 Å². The zero-order valence-corrected chi connectivity index (χ0v) is 12.6. The summed E-state index contributed by atoms with van der Waals surface area (Å²) in [6, 6.07) is 3.96. The van der Waals surface area contributed by atoms with Gasteiger partial charge in [0.1, 0.15) is 11.5 Å². The molecular weight excluding hydrogens is 271 g/mol. The summed E-state index contributed by atoms with van der Waals surface area (Å²) < 4.78 is 13.2. The molecular formula is C16H23FN2O2. The highest BCUT2D eigenvalue weighted by Gasteiger charge is 2.24. The Morgan fingerprint density at radius 3 is 2.86 bits per heavy atom. The Balaban J connectivity index is 2.06. The smallest absolute Gasteiger partial charge is 0.295 e. The number of nitrogens with one attached hydrogen (secondary N) is 1. The van der Waals surface area contributed by atoms with Crippen LogP contribution in [0, 0.1) is 27.8 Å². The summed E-state index contributed by atoms with van der Waals surface area (Å²) >= 11 is 0. The van der Waals surface area contributed by atoms with Crippen molar-refractivity contribution in [2.75, 3.05) is 5.32 Å². The van der Waals surface area contributed by atoms with Crippen molar-refractivity contribution >= 4 is 11.4 Å². The van der Waals surface area contributed by atoms with E-state index in [0.29, 0.717) is 17.5 Å². The van der Waals surface area contributed by atoms with E-state index in [9.17, 15) is 14.5 Å². The summed E-state index contributed by atoms with van der Waals surface area (Å²) in [6.45, 7) is 4.45. The molecule has 0 aromatic heterocycles. The fraction of sp³-hybridized carbons (Fsp3) is 0.625. The number of hydrogen-bond donors (Lipinski definition) is 1. The molecule has 1 saturated carbocycles. The Bertz CT molecular complexity index is 505. The van der Waals surface area contributed by atoms with Gasteiger partial charge in [-0.3, -0.25) is 10.1 Å². The SMILES string of the molecule is CC(C)CC1CCCC(Nc2ccc(F)cc2[N+](=O)[O-])C1. The van der Waals surface area contributed by atoms with E-state index in [-0.39, 0.29) is 11.7 Å². The minimum absolute atomic E-state index is 0.180. The highest BCUT2D eigenvalue weighted by Crippen LogP contribution is 2.33. The molecule has 2 rings (SSSR count). The van der Waals surface area contributed by atoms with Crippen molar-refractivity contribution < 1.29 is 9.31 Å². The minimum atomic E-state index is -0.575. The maximum absolute atomic E-state index is 13.2. The summed E-state index contributed by atoms with van der Waals surface area (Å²) in [5.41, 5.74) is 0.248. The van der Waals surface area contributed by atoms with Crippen LogP contribution in [0.15, 0.2) is 18.2 Å². The molecule has 21 heavy (non-hydrogen) atoms. The van der Waals surface area contributed by atoms with Gasteiger partial charge in [0.15, 0.2) is 0 Å². The van der Waals surface area contributed by atoms with Crippen LogP contribution in [-0.2, 0) is 0 Å². The third-order valence-electron chi connectivity index (χ3n) is 4.10. The van der Waals surface area contributed by atoms with E-state index in [1.54, 1.807) is 0 Å². The number of halogens is 1. The largest absolute Gasteiger partial charge is 0.377 e. The third-order valence-corrected chi connectivity index (χ3v) is 4.10. The first-order valence-electron chi connectivity index (χ1n) is 7.66. The first-order chi connectivity index (χ1) is 9.95. The molecule has 1 aliphatic rings. The van der Waals surface area contributed by atoms with Crippen molar-refractivity contribution in [3.05, 3.63) is 34.1 Å². The Hall–Kier alpha value is -1.65. The van der Waals surface area contributed by atoms with Crippen molar-refractivity contribution in [3.63, 3.8) is 0 Å². The van der Waals surface area contributed by atoms with Gasteiger partial charge in [-0.1, -0.05) is 26.7 Å². The molecule has 1 aromatic carbocycles. The van der Waals surface area contributed by atoms with E-state index in [4.69, 9.17) is 0 Å². The van der Waals surface area contributed by atoms with Crippen molar-refractivity contribution in [2.24, 2.45) is 11.8 Å². The van der Waals surface area contributed by atoms with Gasteiger partial charge in [0.05, 0.1) is 11.0 Å². The normalized spacial score (nSPS) is 22.3. The van der Waals surface area contributed by atoms with E-state index >= 15 is 0 Å². The van der Waals surface area contributed by atoms with Crippen LogP contribution in [0.4, 0.5) is 15.8 Å². The van der Waals surface area contributed by atoms with E-state index in [1.807, 2.05) is 0 Å². The lowest BCUT2D eigenvalue weighted by atomic mass is 9.81. The number of nitrogens with zero attached hydrogens (tertiary/aromatic N) is 1. The highest BCUT2D eigenvalue weighted by molar-refractivity contribution is 5.61. The summed E-state index contributed by atoms with van der Waals surface area (Å²) in [5.74, 6) is 0.776. The van der Waals surface area contributed by atoms with Crippen LogP contribution in [0.3, 0.4) is 0 Å². The van der Waals surface area contributed by atoms with Crippen molar-refractivity contribution in [2.45, 2.75) is 52.0 Å². The second-order valence-electron chi connectivity index (χ2n) is 6.42. The first-order valence-corrected chi connectivity index (χ1v) is 7.66. The van der Waals surface area contributed by atoms with Gasteiger partial charge in [0, 0.05) is 6.04 Å². The van der Waals surface area contributed by atoms with Crippen molar-refractivity contribution in [3.8, 4) is 0 Å². The predicted octanol–water partition coefficient (Wildman–Crippen LogP) is 4.75. The summed E-state index contributed by atoms with van der Waals surface area (Å²) in [5, 5.41) is 14.3. The lowest BCUT2D eigenvalue weighted by Crippen LogP contribution is -2.28. The molecule has 0 amide bonds. The number of nitro benzene ring substituents is 1. The number of nitro groups is 1. The summed E-state index contributed by atoms with van der Waals surface area (Å²) in [4.78, 5) is 10.5. The molecule has 1 N–H and O–H groups in total. The Labute approximate surface area is 124 Å². The van der Waals surface area contributed by atoms with Crippen molar-refractivity contribution in [1.82, 2.24) is 0 Å². The maximum atomic E-state index is 13.2. The summed E-state index contributed by atoms with van der Waals surface area (Å²) in [6.07, 6.45) is 5.63. The van der Waals surface area contributed by atoms with E-state index in [1.165, 1.54) is 25.0 Å². The molecule has 5 heteroatoms. The fourth-order valence-electron chi connectivity index (χ4n) is 3.30. The molecule has 0 saturated heterocycles. The van der Waals surface area contributed by atoms with Gasteiger partial charge < -0.3 is 5.32 Å². The molecule has 0 aliphatic heterocycles. The number of hydrogen-bond acceptors (Lipinski definition) is 3.